The monoisotopic (exact) mass is 146 g/mol. The lowest BCUT2D eigenvalue weighted by Gasteiger charge is -2.35. The first-order chi connectivity index (χ1) is 4.21. The fraction of sp³-hybridized carbons (Fsp3) is 0.833. The van der Waals surface area contributed by atoms with Crippen LogP contribution < -0.4 is 0 Å². The Bertz CT molecular complexity index is 124. The smallest absolute Gasteiger partial charge is 0.311 e. The van der Waals surface area contributed by atoms with Gasteiger partial charge in [-0.2, -0.15) is 11.8 Å². The predicted octanol–water partition coefficient (Wildman–Crippen LogP) is 1.21. The van der Waals surface area contributed by atoms with Crippen molar-refractivity contribution in [3.8, 4) is 0 Å². The van der Waals surface area contributed by atoms with Gasteiger partial charge in [-0.05, 0) is 6.42 Å². The summed E-state index contributed by atoms with van der Waals surface area (Å²) in [6.45, 7) is 1.94. The molecule has 1 rings (SSSR count). The molecule has 1 aliphatic heterocycles. The van der Waals surface area contributed by atoms with Gasteiger partial charge >= 0.3 is 5.97 Å². The summed E-state index contributed by atoms with van der Waals surface area (Å²) in [5.74, 6) is 0.987. The third-order valence-electron chi connectivity index (χ3n) is 1.89. The second kappa shape index (κ2) is 2.21. The second-order valence-corrected chi connectivity index (χ2v) is 3.42. The predicted molar refractivity (Wildman–Crippen MR) is 37.7 cm³/mol. The summed E-state index contributed by atoms with van der Waals surface area (Å²) in [6.07, 6.45) is 0.773. The summed E-state index contributed by atoms with van der Waals surface area (Å²) in [5, 5.41) is 8.67. The molecule has 1 N–H and O–H groups in total. The third-order valence-corrected chi connectivity index (χ3v) is 3.40. The average molecular weight is 146 g/mol. The summed E-state index contributed by atoms with van der Waals surface area (Å²) >= 11 is 1.72. The highest BCUT2D eigenvalue weighted by Crippen LogP contribution is 2.40. The van der Waals surface area contributed by atoms with Gasteiger partial charge in [-0.1, -0.05) is 6.92 Å². The minimum Gasteiger partial charge on any atom is -0.481 e. The number of thioether (sulfide) groups is 1. The summed E-state index contributed by atoms with van der Waals surface area (Å²) < 4.78 is 0. The largest absolute Gasteiger partial charge is 0.481 e. The van der Waals surface area contributed by atoms with E-state index in [1.54, 1.807) is 11.8 Å². The van der Waals surface area contributed by atoms with Crippen LogP contribution in [0.4, 0.5) is 0 Å². The van der Waals surface area contributed by atoms with Gasteiger partial charge in [0.1, 0.15) is 0 Å². The molecule has 0 amide bonds. The number of carbonyl (C=O) groups is 1. The van der Waals surface area contributed by atoms with E-state index in [9.17, 15) is 4.79 Å². The van der Waals surface area contributed by atoms with Crippen LogP contribution in [0.1, 0.15) is 13.3 Å². The van der Waals surface area contributed by atoms with E-state index in [2.05, 4.69) is 0 Å². The molecule has 0 spiro atoms. The van der Waals surface area contributed by atoms with E-state index in [0.717, 1.165) is 17.9 Å². The van der Waals surface area contributed by atoms with Crippen LogP contribution in [0.15, 0.2) is 0 Å². The topological polar surface area (TPSA) is 37.3 Å². The first-order valence-corrected chi connectivity index (χ1v) is 4.18. The molecule has 0 radical (unpaired) electrons. The van der Waals surface area contributed by atoms with Crippen LogP contribution in [0.3, 0.4) is 0 Å². The van der Waals surface area contributed by atoms with Crippen molar-refractivity contribution in [2.75, 3.05) is 11.5 Å². The van der Waals surface area contributed by atoms with Gasteiger partial charge in [-0.3, -0.25) is 4.79 Å². The summed E-state index contributed by atoms with van der Waals surface area (Å²) in [7, 11) is 0. The molecule has 3 heteroatoms. The zero-order valence-electron chi connectivity index (χ0n) is 5.39. The summed E-state index contributed by atoms with van der Waals surface area (Å²) in [4.78, 5) is 10.5. The summed E-state index contributed by atoms with van der Waals surface area (Å²) in [5.41, 5.74) is -0.356. The normalized spacial score (nSPS) is 22.8. The molecule has 0 atom stereocenters. The minimum atomic E-state index is -0.622. The van der Waals surface area contributed by atoms with Crippen LogP contribution in [-0.4, -0.2) is 22.6 Å². The van der Waals surface area contributed by atoms with Crippen LogP contribution in [0, 0.1) is 5.41 Å². The highest BCUT2D eigenvalue weighted by molar-refractivity contribution is 8.00. The molecule has 0 aromatic carbocycles. The van der Waals surface area contributed by atoms with Gasteiger partial charge in [-0.15, -0.1) is 0 Å². The molecule has 1 heterocycles. The second-order valence-electron chi connectivity index (χ2n) is 2.43. The molecule has 52 valence electrons. The Kier molecular flexibility index (Phi) is 1.70. The highest BCUT2D eigenvalue weighted by Gasteiger charge is 2.43. The molecule has 0 aromatic rings. The lowest BCUT2D eigenvalue weighted by atomic mass is 9.89. The van der Waals surface area contributed by atoms with Crippen LogP contribution in [0.5, 0.6) is 0 Å². The van der Waals surface area contributed by atoms with Gasteiger partial charge in [-0.25, -0.2) is 0 Å². The van der Waals surface area contributed by atoms with E-state index in [1.807, 2.05) is 6.92 Å². The van der Waals surface area contributed by atoms with Gasteiger partial charge in [0, 0.05) is 11.5 Å². The molecule has 1 aliphatic rings. The first-order valence-electron chi connectivity index (χ1n) is 3.02. The number of carboxylic acid groups (broad SMARTS) is 1. The van der Waals surface area contributed by atoms with Crippen molar-refractivity contribution in [2.45, 2.75) is 13.3 Å². The fourth-order valence-electron chi connectivity index (χ4n) is 0.827. The number of aliphatic carboxylic acids is 1. The van der Waals surface area contributed by atoms with E-state index < -0.39 is 5.97 Å². The molecule has 0 saturated carbocycles. The quantitative estimate of drug-likeness (QED) is 0.636. The van der Waals surface area contributed by atoms with Crippen LogP contribution >= 0.6 is 11.8 Å². The molecule has 0 bridgehead atoms. The maximum absolute atomic E-state index is 10.5. The maximum atomic E-state index is 10.5. The molecule has 2 nitrogen and oxygen atoms in total. The maximum Gasteiger partial charge on any atom is 0.311 e. The molecule has 0 aliphatic carbocycles. The van der Waals surface area contributed by atoms with Gasteiger partial charge < -0.3 is 5.11 Å². The lowest BCUT2D eigenvalue weighted by molar-refractivity contribution is -0.147. The molecular weight excluding hydrogens is 136 g/mol. The number of rotatable bonds is 2. The lowest BCUT2D eigenvalue weighted by Crippen LogP contribution is -2.42. The van der Waals surface area contributed by atoms with Crippen LogP contribution in [0.2, 0.25) is 0 Å². The average Bonchev–Trinajstić information content (AvgIpc) is 1.62. The van der Waals surface area contributed by atoms with E-state index >= 15 is 0 Å². The molecule has 1 fully saturated rings. The van der Waals surface area contributed by atoms with Crippen molar-refractivity contribution in [2.24, 2.45) is 5.41 Å². The molecule has 0 unspecified atom stereocenters. The molecular formula is C6H10O2S. The van der Waals surface area contributed by atoms with Crippen molar-refractivity contribution in [3.63, 3.8) is 0 Å². The first kappa shape index (κ1) is 6.93. The standard InChI is InChI=1S/C6H10O2S/c1-2-6(5(7)8)3-9-4-6/h2-4H2,1H3,(H,7,8). The van der Waals surface area contributed by atoms with Gasteiger partial charge in [0.25, 0.3) is 0 Å². The zero-order valence-corrected chi connectivity index (χ0v) is 6.20. The van der Waals surface area contributed by atoms with Crippen LogP contribution in [-0.2, 0) is 4.79 Å². The zero-order chi connectivity index (χ0) is 6.91. The number of carboxylic acids is 1. The van der Waals surface area contributed by atoms with Gasteiger partial charge in [0.15, 0.2) is 0 Å². The van der Waals surface area contributed by atoms with Crippen molar-refractivity contribution in [1.82, 2.24) is 0 Å². The summed E-state index contributed by atoms with van der Waals surface area (Å²) in [6, 6.07) is 0. The van der Waals surface area contributed by atoms with E-state index in [1.165, 1.54) is 0 Å². The van der Waals surface area contributed by atoms with Gasteiger partial charge in [0.05, 0.1) is 5.41 Å². The Labute approximate surface area is 58.6 Å². The van der Waals surface area contributed by atoms with E-state index in [4.69, 9.17) is 5.11 Å². The van der Waals surface area contributed by atoms with Crippen molar-refractivity contribution < 1.29 is 9.90 Å². The Hall–Kier alpha value is -0.180. The van der Waals surface area contributed by atoms with E-state index in [0.29, 0.717) is 0 Å². The molecule has 1 saturated heterocycles. The van der Waals surface area contributed by atoms with Crippen molar-refractivity contribution in [1.29, 1.82) is 0 Å². The Morgan fingerprint density at radius 2 is 2.33 bits per heavy atom. The fourth-order valence-corrected chi connectivity index (χ4v) is 2.18. The minimum absolute atomic E-state index is 0.356. The number of hydrogen-bond acceptors (Lipinski definition) is 2. The van der Waals surface area contributed by atoms with Gasteiger partial charge in [0.2, 0.25) is 0 Å². The van der Waals surface area contributed by atoms with Crippen molar-refractivity contribution in [3.05, 3.63) is 0 Å². The molecule has 9 heavy (non-hydrogen) atoms. The number of hydrogen-bond donors (Lipinski definition) is 1. The SMILES string of the molecule is CCC1(C(=O)O)CSC1. The highest BCUT2D eigenvalue weighted by atomic mass is 32.2. The Morgan fingerprint density at radius 1 is 1.78 bits per heavy atom. The van der Waals surface area contributed by atoms with E-state index in [-0.39, 0.29) is 5.41 Å². The van der Waals surface area contributed by atoms with Crippen molar-refractivity contribution >= 4 is 17.7 Å². The molecule has 0 aromatic heterocycles. The third kappa shape index (κ3) is 0.936. The van der Waals surface area contributed by atoms with Crippen LogP contribution in [0.25, 0.3) is 0 Å². The Balaban J connectivity index is 2.57. The Morgan fingerprint density at radius 3 is 2.33 bits per heavy atom.